The van der Waals surface area contributed by atoms with Crippen molar-refractivity contribution in [2.75, 3.05) is 18.4 Å². The maximum absolute atomic E-state index is 12.9. The van der Waals surface area contributed by atoms with Crippen molar-refractivity contribution in [3.05, 3.63) is 102 Å². The molecule has 0 spiro atoms. The van der Waals surface area contributed by atoms with Gasteiger partial charge in [-0.25, -0.2) is 4.79 Å². The van der Waals surface area contributed by atoms with Gasteiger partial charge >= 0.3 is 6.03 Å². The van der Waals surface area contributed by atoms with Crippen molar-refractivity contribution < 1.29 is 9.59 Å². The predicted molar refractivity (Wildman–Crippen MR) is 139 cm³/mol. The van der Waals surface area contributed by atoms with Crippen LogP contribution in [-0.4, -0.2) is 40.1 Å². The number of aromatic nitrogens is 2. The fraction of sp³-hybridized carbons (Fsp3) is 0.185. The largest absolute Gasteiger partial charge is 0.334 e. The third kappa shape index (κ3) is 7.48. The average molecular weight is 486 g/mol. The first-order valence-corrected chi connectivity index (χ1v) is 12.3. The summed E-state index contributed by atoms with van der Waals surface area (Å²) in [4.78, 5) is 27.2. The molecule has 0 atom stereocenters. The highest BCUT2D eigenvalue weighted by Gasteiger charge is 2.16. The summed E-state index contributed by atoms with van der Waals surface area (Å²) in [5.74, 6) is -0.207. The summed E-state index contributed by atoms with van der Waals surface area (Å²) >= 11 is 1.32. The highest BCUT2D eigenvalue weighted by Crippen LogP contribution is 2.25. The molecule has 0 bridgehead atoms. The molecular formula is C27H27N5O2S. The van der Waals surface area contributed by atoms with Crippen molar-refractivity contribution in [2.45, 2.75) is 19.4 Å². The Morgan fingerprint density at radius 2 is 1.40 bits per heavy atom. The summed E-state index contributed by atoms with van der Waals surface area (Å²) in [6.07, 6.45) is 0.867. The number of benzene rings is 3. The van der Waals surface area contributed by atoms with Crippen LogP contribution < -0.4 is 10.6 Å². The first kappa shape index (κ1) is 24.1. The van der Waals surface area contributed by atoms with Crippen LogP contribution in [0.2, 0.25) is 0 Å². The molecule has 178 valence electrons. The lowest BCUT2D eigenvalue weighted by Crippen LogP contribution is -2.42. The van der Waals surface area contributed by atoms with Gasteiger partial charge in [-0.15, -0.1) is 10.2 Å². The van der Waals surface area contributed by atoms with Crippen LogP contribution in [-0.2, 0) is 17.8 Å². The van der Waals surface area contributed by atoms with E-state index < -0.39 is 0 Å². The van der Waals surface area contributed by atoms with Gasteiger partial charge < -0.3 is 15.5 Å². The molecule has 3 amide bonds. The molecule has 0 radical (unpaired) electrons. The van der Waals surface area contributed by atoms with E-state index in [0.29, 0.717) is 31.2 Å². The van der Waals surface area contributed by atoms with Crippen LogP contribution in [0.25, 0.3) is 10.6 Å². The average Bonchev–Trinajstić information content (AvgIpc) is 3.37. The van der Waals surface area contributed by atoms with E-state index in [1.807, 2.05) is 91.0 Å². The molecule has 1 aromatic heterocycles. The Labute approximate surface area is 208 Å². The highest BCUT2D eigenvalue weighted by molar-refractivity contribution is 7.18. The van der Waals surface area contributed by atoms with E-state index >= 15 is 0 Å². The quantitative estimate of drug-likeness (QED) is 0.331. The molecular weight excluding hydrogens is 458 g/mol. The second-order valence-corrected chi connectivity index (χ2v) is 8.92. The monoisotopic (exact) mass is 485 g/mol. The minimum Gasteiger partial charge on any atom is -0.334 e. The minimum absolute atomic E-state index is 0.161. The molecule has 2 N–H and O–H groups in total. The molecule has 3 aromatic carbocycles. The fourth-order valence-corrected chi connectivity index (χ4v) is 4.26. The Morgan fingerprint density at radius 1 is 0.771 bits per heavy atom. The second kappa shape index (κ2) is 12.4. The molecule has 0 fully saturated rings. The molecule has 0 aliphatic carbocycles. The van der Waals surface area contributed by atoms with Gasteiger partial charge in [-0.1, -0.05) is 102 Å². The zero-order valence-electron chi connectivity index (χ0n) is 19.3. The number of carbonyl (C=O) groups excluding carboxylic acids is 2. The predicted octanol–water partition coefficient (Wildman–Crippen LogP) is 4.99. The van der Waals surface area contributed by atoms with Crippen LogP contribution >= 0.6 is 11.3 Å². The Kier molecular flexibility index (Phi) is 8.56. The van der Waals surface area contributed by atoms with Gasteiger partial charge in [0.25, 0.3) is 0 Å². The Bertz CT molecular complexity index is 1220. The Morgan fingerprint density at radius 3 is 2.09 bits per heavy atom. The molecule has 0 saturated heterocycles. The molecule has 0 saturated carbocycles. The molecule has 0 aliphatic rings. The topological polar surface area (TPSA) is 87.2 Å². The number of carbonyl (C=O) groups is 2. The van der Waals surface area contributed by atoms with Crippen LogP contribution in [0, 0.1) is 0 Å². The number of nitrogens with zero attached hydrogens (tertiary/aromatic N) is 3. The van der Waals surface area contributed by atoms with Gasteiger partial charge in [-0.05, 0) is 17.5 Å². The number of amides is 3. The van der Waals surface area contributed by atoms with E-state index in [0.717, 1.165) is 21.7 Å². The van der Waals surface area contributed by atoms with Crippen LogP contribution in [0.1, 0.15) is 17.5 Å². The normalized spacial score (nSPS) is 10.5. The van der Waals surface area contributed by atoms with Gasteiger partial charge in [0.05, 0.1) is 0 Å². The summed E-state index contributed by atoms with van der Waals surface area (Å²) in [6.45, 7) is 1.24. The van der Waals surface area contributed by atoms with Crippen molar-refractivity contribution >= 4 is 28.4 Å². The van der Waals surface area contributed by atoms with Gasteiger partial charge in [0.15, 0.2) is 0 Å². The van der Waals surface area contributed by atoms with Gasteiger partial charge in [0, 0.05) is 31.6 Å². The smallest absolute Gasteiger partial charge is 0.317 e. The van der Waals surface area contributed by atoms with Gasteiger partial charge in [-0.2, -0.15) is 0 Å². The molecule has 1 heterocycles. The number of hydrogen-bond acceptors (Lipinski definition) is 5. The number of hydrogen-bond donors (Lipinski definition) is 2. The lowest BCUT2D eigenvalue weighted by Gasteiger charge is -2.23. The van der Waals surface area contributed by atoms with Crippen molar-refractivity contribution in [1.29, 1.82) is 0 Å². The van der Waals surface area contributed by atoms with E-state index in [1.54, 1.807) is 4.90 Å². The number of urea groups is 1. The summed E-state index contributed by atoms with van der Waals surface area (Å²) in [6, 6.07) is 29.3. The lowest BCUT2D eigenvalue weighted by molar-refractivity contribution is -0.116. The van der Waals surface area contributed by atoms with Crippen LogP contribution in [0.5, 0.6) is 0 Å². The second-order valence-electron chi connectivity index (χ2n) is 7.94. The van der Waals surface area contributed by atoms with Crippen LogP contribution in [0.3, 0.4) is 0 Å². The van der Waals surface area contributed by atoms with E-state index in [9.17, 15) is 9.59 Å². The first-order chi connectivity index (χ1) is 17.2. The van der Waals surface area contributed by atoms with Crippen molar-refractivity contribution in [3.8, 4) is 10.6 Å². The number of rotatable bonds is 10. The van der Waals surface area contributed by atoms with Crippen molar-refractivity contribution in [3.63, 3.8) is 0 Å². The standard InChI is InChI=1S/C27H27N5O2S/c33-24(29-26-31-30-25(35-26)23-14-8-3-9-15-23)17-19-32(18-16-21-10-4-1-5-11-21)27(34)28-20-22-12-6-2-7-13-22/h1-15H,16-20H2,(H,28,34)(H,29,31,33). The summed E-state index contributed by atoms with van der Waals surface area (Å²) < 4.78 is 0. The van der Waals surface area contributed by atoms with Crippen LogP contribution in [0.4, 0.5) is 9.93 Å². The first-order valence-electron chi connectivity index (χ1n) is 11.5. The molecule has 0 aliphatic heterocycles. The minimum atomic E-state index is -0.207. The summed E-state index contributed by atoms with van der Waals surface area (Å²) in [5, 5.41) is 15.2. The van der Waals surface area contributed by atoms with Crippen molar-refractivity contribution in [1.82, 2.24) is 20.4 Å². The fourth-order valence-electron chi connectivity index (χ4n) is 3.50. The van der Waals surface area contributed by atoms with E-state index in [4.69, 9.17) is 0 Å². The van der Waals surface area contributed by atoms with Gasteiger partial charge in [-0.3, -0.25) is 4.79 Å². The molecule has 4 rings (SSSR count). The number of anilines is 1. The van der Waals surface area contributed by atoms with Crippen LogP contribution in [0.15, 0.2) is 91.0 Å². The van der Waals surface area contributed by atoms with E-state index in [-0.39, 0.29) is 18.4 Å². The third-order valence-electron chi connectivity index (χ3n) is 5.39. The van der Waals surface area contributed by atoms with E-state index in [2.05, 4.69) is 20.8 Å². The lowest BCUT2D eigenvalue weighted by atomic mass is 10.1. The maximum Gasteiger partial charge on any atom is 0.317 e. The molecule has 35 heavy (non-hydrogen) atoms. The van der Waals surface area contributed by atoms with Gasteiger partial charge in [0.1, 0.15) is 5.01 Å². The summed E-state index contributed by atoms with van der Waals surface area (Å²) in [7, 11) is 0. The summed E-state index contributed by atoms with van der Waals surface area (Å²) in [5.41, 5.74) is 3.11. The number of nitrogens with one attached hydrogen (secondary N) is 2. The van der Waals surface area contributed by atoms with Crippen molar-refractivity contribution in [2.24, 2.45) is 0 Å². The molecule has 0 unspecified atom stereocenters. The van der Waals surface area contributed by atoms with Gasteiger partial charge in [0.2, 0.25) is 11.0 Å². The van der Waals surface area contributed by atoms with E-state index in [1.165, 1.54) is 11.3 Å². The SMILES string of the molecule is O=C(CCN(CCc1ccccc1)C(=O)NCc1ccccc1)Nc1nnc(-c2ccccc2)s1. The zero-order chi connectivity index (χ0) is 24.3. The zero-order valence-corrected chi connectivity index (χ0v) is 20.1. The molecule has 8 heteroatoms. The Balaban J connectivity index is 1.33. The third-order valence-corrected chi connectivity index (χ3v) is 6.28. The molecule has 4 aromatic rings. The maximum atomic E-state index is 12.9. The molecule has 7 nitrogen and oxygen atoms in total. The highest BCUT2D eigenvalue weighted by atomic mass is 32.1. The Hall–Kier alpha value is -4.04.